The van der Waals surface area contributed by atoms with E-state index in [0.717, 1.165) is 77.5 Å². The number of hydrogen-bond donors (Lipinski definition) is 0. The Morgan fingerprint density at radius 3 is 2.02 bits per heavy atom. The SMILES string of the molecule is CC12C=CC=CC1C=CC=C2N(c1ccc(-c2ccccc2)cc1)c1cccc2oc3c(-c4ccccc4-c4ccccc4)c4c(cc3c12)oc1ccccc14. The predicted octanol–water partition coefficient (Wildman–Crippen LogP) is 14.8. The molecule has 2 aromatic heterocycles. The molecule has 0 saturated carbocycles. The second-order valence-electron chi connectivity index (χ2n) is 15.0. The second-order valence-corrected chi connectivity index (χ2v) is 15.0. The van der Waals surface area contributed by atoms with Crippen LogP contribution >= 0.6 is 0 Å². The fourth-order valence-corrected chi connectivity index (χ4v) is 9.03. The minimum absolute atomic E-state index is 0.218. The topological polar surface area (TPSA) is 29.5 Å². The van der Waals surface area contributed by atoms with E-state index in [9.17, 15) is 0 Å². The van der Waals surface area contributed by atoms with E-state index < -0.39 is 0 Å². The summed E-state index contributed by atoms with van der Waals surface area (Å²) >= 11 is 0. The van der Waals surface area contributed by atoms with Gasteiger partial charge < -0.3 is 13.7 Å². The summed E-state index contributed by atoms with van der Waals surface area (Å²) in [5.74, 6) is 0.218. The lowest BCUT2D eigenvalue weighted by molar-refractivity contribution is 0.415. The molecule has 266 valence electrons. The second kappa shape index (κ2) is 12.8. The van der Waals surface area contributed by atoms with Crippen molar-refractivity contribution in [1.82, 2.24) is 0 Å². The molecule has 0 aliphatic heterocycles. The van der Waals surface area contributed by atoms with Crippen LogP contribution in [0.25, 0.3) is 77.3 Å². The minimum Gasteiger partial charge on any atom is -0.456 e. The molecule has 3 heteroatoms. The number of benzene rings is 7. The number of rotatable bonds is 6. The lowest BCUT2D eigenvalue weighted by Crippen LogP contribution is -2.36. The Hall–Kier alpha value is -7.10. The van der Waals surface area contributed by atoms with Crippen molar-refractivity contribution in [2.24, 2.45) is 11.3 Å². The first-order valence-electron chi connectivity index (χ1n) is 19.3. The van der Waals surface area contributed by atoms with Gasteiger partial charge in [-0.15, -0.1) is 0 Å². The van der Waals surface area contributed by atoms with Crippen LogP contribution in [0.5, 0.6) is 0 Å². The van der Waals surface area contributed by atoms with E-state index in [1.807, 2.05) is 6.07 Å². The molecule has 0 radical (unpaired) electrons. The zero-order chi connectivity index (χ0) is 37.2. The fourth-order valence-electron chi connectivity index (χ4n) is 9.03. The average Bonchev–Trinajstić information content (AvgIpc) is 3.82. The van der Waals surface area contributed by atoms with Crippen molar-refractivity contribution in [2.45, 2.75) is 6.92 Å². The smallest absolute Gasteiger partial charge is 0.144 e. The van der Waals surface area contributed by atoms with Gasteiger partial charge in [-0.25, -0.2) is 0 Å². The molecular formula is C53H37NO2. The molecule has 0 N–H and O–H groups in total. The lowest BCUT2D eigenvalue weighted by atomic mass is 9.69. The Morgan fingerprint density at radius 2 is 1.20 bits per heavy atom. The number of fused-ring (bicyclic) bond motifs is 7. The molecule has 2 aliphatic carbocycles. The molecule has 0 fully saturated rings. The number of allylic oxidation sites excluding steroid dienone is 7. The molecular weight excluding hydrogens is 683 g/mol. The van der Waals surface area contributed by atoms with Gasteiger partial charge in [-0.1, -0.05) is 158 Å². The van der Waals surface area contributed by atoms with Crippen LogP contribution in [0.1, 0.15) is 6.92 Å². The third-order valence-corrected chi connectivity index (χ3v) is 11.8. The highest BCUT2D eigenvalue weighted by Crippen LogP contribution is 2.53. The first-order valence-corrected chi connectivity index (χ1v) is 19.3. The molecule has 2 atom stereocenters. The number of para-hydroxylation sites is 1. The molecule has 2 unspecified atom stereocenters. The van der Waals surface area contributed by atoms with Crippen LogP contribution in [0.2, 0.25) is 0 Å². The van der Waals surface area contributed by atoms with Gasteiger partial charge in [0, 0.05) is 44.4 Å². The third-order valence-electron chi connectivity index (χ3n) is 11.8. The van der Waals surface area contributed by atoms with Gasteiger partial charge >= 0.3 is 0 Å². The van der Waals surface area contributed by atoms with Crippen LogP contribution in [0.4, 0.5) is 11.4 Å². The van der Waals surface area contributed by atoms with E-state index in [2.05, 4.69) is 206 Å². The highest BCUT2D eigenvalue weighted by molar-refractivity contribution is 6.26. The van der Waals surface area contributed by atoms with Crippen molar-refractivity contribution in [3.05, 3.63) is 206 Å². The van der Waals surface area contributed by atoms with Crippen molar-refractivity contribution < 1.29 is 8.83 Å². The third kappa shape index (κ3) is 4.98. The van der Waals surface area contributed by atoms with E-state index in [1.165, 1.54) is 16.8 Å². The van der Waals surface area contributed by atoms with E-state index in [0.29, 0.717) is 0 Å². The monoisotopic (exact) mass is 719 g/mol. The molecule has 7 aromatic carbocycles. The Labute approximate surface area is 325 Å². The van der Waals surface area contributed by atoms with Gasteiger partial charge in [-0.2, -0.15) is 0 Å². The maximum Gasteiger partial charge on any atom is 0.144 e. The van der Waals surface area contributed by atoms with Gasteiger partial charge in [0.05, 0.1) is 11.1 Å². The van der Waals surface area contributed by atoms with Gasteiger partial charge in [0.1, 0.15) is 22.3 Å². The van der Waals surface area contributed by atoms with Crippen LogP contribution in [0.15, 0.2) is 215 Å². The van der Waals surface area contributed by atoms with Crippen molar-refractivity contribution in [2.75, 3.05) is 4.90 Å². The standard InChI is InChI=1S/C53H37NO2/c1-53-33-13-12-20-38(53)21-14-28-48(53)54(39-31-29-36(30-32-39)35-16-4-2-5-17-35)44-25-15-27-46-49(44)43-34-47-50(42-24-10-11-26-45(42)55-47)51(52(43)56-46)41-23-9-8-22-40(41)37-18-6-3-7-19-37/h2-34,38H,1H3. The van der Waals surface area contributed by atoms with E-state index in [-0.39, 0.29) is 11.3 Å². The van der Waals surface area contributed by atoms with E-state index >= 15 is 0 Å². The van der Waals surface area contributed by atoms with Crippen LogP contribution in [0, 0.1) is 11.3 Å². The van der Waals surface area contributed by atoms with Gasteiger partial charge in [0.15, 0.2) is 0 Å². The molecule has 56 heavy (non-hydrogen) atoms. The average molecular weight is 720 g/mol. The number of nitrogens with zero attached hydrogens (tertiary/aromatic N) is 1. The van der Waals surface area contributed by atoms with Gasteiger partial charge in [-0.05, 0) is 77.2 Å². The van der Waals surface area contributed by atoms with E-state index in [1.54, 1.807) is 0 Å². The molecule has 9 aromatic rings. The van der Waals surface area contributed by atoms with Crippen LogP contribution in [-0.2, 0) is 0 Å². The Balaban J connectivity index is 1.22. The maximum absolute atomic E-state index is 7.15. The zero-order valence-corrected chi connectivity index (χ0v) is 30.9. The van der Waals surface area contributed by atoms with Crippen molar-refractivity contribution >= 4 is 55.3 Å². The highest BCUT2D eigenvalue weighted by atomic mass is 16.3. The number of anilines is 2. The molecule has 2 heterocycles. The Morgan fingerprint density at radius 1 is 0.518 bits per heavy atom. The largest absolute Gasteiger partial charge is 0.456 e. The van der Waals surface area contributed by atoms with Gasteiger partial charge in [-0.3, -0.25) is 0 Å². The summed E-state index contributed by atoms with van der Waals surface area (Å²) in [7, 11) is 0. The quantitative estimate of drug-likeness (QED) is 0.171. The Kier molecular flexibility index (Phi) is 7.36. The summed E-state index contributed by atoms with van der Waals surface area (Å²) in [5, 5.41) is 4.18. The van der Waals surface area contributed by atoms with Crippen LogP contribution in [-0.4, -0.2) is 0 Å². The summed E-state index contributed by atoms with van der Waals surface area (Å²) in [6.45, 7) is 2.35. The first-order chi connectivity index (χ1) is 27.7. The summed E-state index contributed by atoms with van der Waals surface area (Å²) in [4.78, 5) is 2.45. The molecule has 2 aliphatic rings. The molecule has 0 saturated heterocycles. The van der Waals surface area contributed by atoms with Gasteiger partial charge in [0.2, 0.25) is 0 Å². The molecule has 11 rings (SSSR count). The number of hydrogen-bond acceptors (Lipinski definition) is 3. The van der Waals surface area contributed by atoms with E-state index in [4.69, 9.17) is 8.83 Å². The molecule has 0 bridgehead atoms. The van der Waals surface area contributed by atoms with Crippen LogP contribution < -0.4 is 4.90 Å². The van der Waals surface area contributed by atoms with Crippen molar-refractivity contribution in [1.29, 1.82) is 0 Å². The minimum atomic E-state index is -0.283. The fraction of sp³-hybridized carbons (Fsp3) is 0.0566. The summed E-state index contributed by atoms with van der Waals surface area (Å²) in [6.07, 6.45) is 15.8. The maximum atomic E-state index is 7.15. The Bertz CT molecular complexity index is 3090. The molecule has 0 amide bonds. The summed E-state index contributed by atoms with van der Waals surface area (Å²) in [5.41, 5.74) is 13.2. The normalized spacial score (nSPS) is 17.5. The van der Waals surface area contributed by atoms with Gasteiger partial charge in [0.25, 0.3) is 0 Å². The lowest BCUT2D eigenvalue weighted by Gasteiger charge is -2.43. The predicted molar refractivity (Wildman–Crippen MR) is 233 cm³/mol. The summed E-state index contributed by atoms with van der Waals surface area (Å²) in [6, 6.07) is 55.8. The van der Waals surface area contributed by atoms with Crippen molar-refractivity contribution in [3.8, 4) is 33.4 Å². The molecule has 0 spiro atoms. The zero-order valence-electron chi connectivity index (χ0n) is 30.9. The first kappa shape index (κ1) is 32.3. The van der Waals surface area contributed by atoms with Crippen molar-refractivity contribution in [3.63, 3.8) is 0 Å². The molecule has 3 nitrogen and oxygen atoms in total. The van der Waals surface area contributed by atoms with Crippen LogP contribution in [0.3, 0.4) is 0 Å². The number of furan rings is 2. The summed E-state index contributed by atoms with van der Waals surface area (Å²) < 4.78 is 13.9. The highest BCUT2D eigenvalue weighted by Gasteiger charge is 2.40.